The number of rotatable bonds is 11. The van der Waals surface area contributed by atoms with Crippen LogP contribution in [0.1, 0.15) is 32.3 Å². The molecule has 0 saturated carbocycles. The van der Waals surface area contributed by atoms with Gasteiger partial charge in [0.25, 0.3) is 0 Å². The number of hydrogen-bond acceptors (Lipinski definition) is 3. The van der Waals surface area contributed by atoms with Crippen LogP contribution in [0.2, 0.25) is 0 Å². The quantitative estimate of drug-likeness (QED) is 0.606. The maximum Gasteiger partial charge on any atom is 0.122 e. The molecule has 0 spiro atoms. The molecule has 21 heavy (non-hydrogen) atoms. The molecule has 0 aromatic heterocycles. The lowest BCUT2D eigenvalue weighted by Crippen LogP contribution is -2.21. The van der Waals surface area contributed by atoms with Crippen molar-refractivity contribution in [3.63, 3.8) is 0 Å². The summed E-state index contributed by atoms with van der Waals surface area (Å²) in [6, 6.07) is 6.27. The number of methoxy groups -OCH3 is 1. The van der Waals surface area contributed by atoms with Gasteiger partial charge in [-0.25, -0.2) is 0 Å². The zero-order valence-corrected chi connectivity index (χ0v) is 15.0. The normalized spacial score (nSPS) is 12.4. The molecule has 1 atom stereocenters. The van der Waals surface area contributed by atoms with E-state index in [2.05, 4.69) is 40.3 Å². The Balaban J connectivity index is 2.34. The SMILES string of the molecule is CCOc1ccc(Br)cc1CCC(C)CCNCCOC. The van der Waals surface area contributed by atoms with E-state index in [1.807, 2.05) is 13.0 Å². The fourth-order valence-electron chi connectivity index (χ4n) is 2.23. The Morgan fingerprint density at radius 2 is 2.05 bits per heavy atom. The zero-order chi connectivity index (χ0) is 15.5. The minimum atomic E-state index is 0.702. The first-order chi connectivity index (χ1) is 10.2. The van der Waals surface area contributed by atoms with Crippen LogP contribution in [0.25, 0.3) is 0 Å². The minimum absolute atomic E-state index is 0.702. The van der Waals surface area contributed by atoms with Crippen LogP contribution in [0.3, 0.4) is 0 Å². The van der Waals surface area contributed by atoms with E-state index in [0.29, 0.717) is 12.5 Å². The molecule has 1 aromatic rings. The Kier molecular flexibility index (Phi) is 9.72. The third kappa shape index (κ3) is 7.84. The fraction of sp³-hybridized carbons (Fsp3) is 0.647. The lowest BCUT2D eigenvalue weighted by molar-refractivity contribution is 0.199. The molecule has 3 nitrogen and oxygen atoms in total. The smallest absolute Gasteiger partial charge is 0.122 e. The van der Waals surface area contributed by atoms with Crippen molar-refractivity contribution in [3.8, 4) is 5.75 Å². The number of benzene rings is 1. The zero-order valence-electron chi connectivity index (χ0n) is 13.5. The maximum atomic E-state index is 5.70. The van der Waals surface area contributed by atoms with Gasteiger partial charge in [0.15, 0.2) is 0 Å². The molecule has 1 N–H and O–H groups in total. The van der Waals surface area contributed by atoms with Crippen LogP contribution < -0.4 is 10.1 Å². The van der Waals surface area contributed by atoms with Crippen molar-refractivity contribution in [3.05, 3.63) is 28.2 Å². The van der Waals surface area contributed by atoms with Crippen molar-refractivity contribution in [1.82, 2.24) is 5.32 Å². The second-order valence-electron chi connectivity index (χ2n) is 5.36. The molecule has 0 bridgehead atoms. The van der Waals surface area contributed by atoms with Crippen molar-refractivity contribution in [2.45, 2.75) is 33.1 Å². The molecule has 0 fully saturated rings. The number of hydrogen-bond donors (Lipinski definition) is 1. The van der Waals surface area contributed by atoms with E-state index in [9.17, 15) is 0 Å². The van der Waals surface area contributed by atoms with Crippen LogP contribution in [0.4, 0.5) is 0 Å². The van der Waals surface area contributed by atoms with E-state index in [1.165, 1.54) is 18.4 Å². The van der Waals surface area contributed by atoms with Gasteiger partial charge in [0.05, 0.1) is 13.2 Å². The average Bonchev–Trinajstić information content (AvgIpc) is 2.47. The van der Waals surface area contributed by atoms with Gasteiger partial charge in [-0.2, -0.15) is 0 Å². The molecule has 0 saturated heterocycles. The van der Waals surface area contributed by atoms with Crippen LogP contribution in [0.15, 0.2) is 22.7 Å². The molecular formula is C17H28BrNO2. The lowest BCUT2D eigenvalue weighted by atomic mass is 9.98. The van der Waals surface area contributed by atoms with Crippen molar-refractivity contribution >= 4 is 15.9 Å². The molecule has 0 radical (unpaired) electrons. The Bertz CT molecular complexity index is 398. The van der Waals surface area contributed by atoms with Crippen LogP contribution in [0, 0.1) is 5.92 Å². The van der Waals surface area contributed by atoms with Crippen LogP contribution in [-0.4, -0.2) is 33.4 Å². The van der Waals surface area contributed by atoms with Crippen molar-refractivity contribution < 1.29 is 9.47 Å². The van der Waals surface area contributed by atoms with Gasteiger partial charge >= 0.3 is 0 Å². The fourth-order valence-corrected chi connectivity index (χ4v) is 2.64. The van der Waals surface area contributed by atoms with Crippen LogP contribution >= 0.6 is 15.9 Å². The highest BCUT2D eigenvalue weighted by atomic mass is 79.9. The van der Waals surface area contributed by atoms with E-state index in [4.69, 9.17) is 9.47 Å². The molecule has 4 heteroatoms. The third-order valence-corrected chi connectivity index (χ3v) is 4.02. The van der Waals surface area contributed by atoms with Crippen molar-refractivity contribution in [1.29, 1.82) is 0 Å². The average molecular weight is 358 g/mol. The highest BCUT2D eigenvalue weighted by molar-refractivity contribution is 9.10. The molecule has 1 unspecified atom stereocenters. The number of aryl methyl sites for hydroxylation is 1. The van der Waals surface area contributed by atoms with Gasteiger partial charge in [-0.05, 0) is 62.4 Å². The summed E-state index contributed by atoms with van der Waals surface area (Å²) < 4.78 is 11.8. The topological polar surface area (TPSA) is 30.5 Å². The first-order valence-electron chi connectivity index (χ1n) is 7.78. The van der Waals surface area contributed by atoms with E-state index in [-0.39, 0.29) is 0 Å². The third-order valence-electron chi connectivity index (χ3n) is 3.53. The number of nitrogens with one attached hydrogen (secondary N) is 1. The molecule has 0 aliphatic heterocycles. The largest absolute Gasteiger partial charge is 0.494 e. The number of ether oxygens (including phenoxy) is 2. The lowest BCUT2D eigenvalue weighted by Gasteiger charge is -2.14. The monoisotopic (exact) mass is 357 g/mol. The summed E-state index contributed by atoms with van der Waals surface area (Å²) in [5.74, 6) is 1.72. The molecule has 0 amide bonds. The summed E-state index contributed by atoms with van der Waals surface area (Å²) in [5, 5.41) is 3.40. The Morgan fingerprint density at radius 3 is 2.76 bits per heavy atom. The summed E-state index contributed by atoms with van der Waals surface area (Å²) in [6.45, 7) is 7.83. The van der Waals surface area contributed by atoms with E-state index >= 15 is 0 Å². The molecule has 0 aliphatic carbocycles. The van der Waals surface area contributed by atoms with E-state index in [0.717, 1.165) is 36.3 Å². The molecule has 120 valence electrons. The van der Waals surface area contributed by atoms with Crippen LogP contribution in [-0.2, 0) is 11.2 Å². The van der Waals surface area contributed by atoms with Gasteiger partial charge in [0.1, 0.15) is 5.75 Å². The Hall–Kier alpha value is -0.580. The van der Waals surface area contributed by atoms with Gasteiger partial charge in [-0.1, -0.05) is 22.9 Å². The molecule has 1 aromatic carbocycles. The van der Waals surface area contributed by atoms with Crippen molar-refractivity contribution in [2.24, 2.45) is 5.92 Å². The summed E-state index contributed by atoms with van der Waals surface area (Å²) in [7, 11) is 1.73. The second-order valence-corrected chi connectivity index (χ2v) is 6.28. The summed E-state index contributed by atoms with van der Waals surface area (Å²) >= 11 is 3.54. The molecule has 0 heterocycles. The Labute approximate surface area is 137 Å². The highest BCUT2D eigenvalue weighted by Gasteiger charge is 2.08. The predicted molar refractivity (Wildman–Crippen MR) is 92.2 cm³/mol. The van der Waals surface area contributed by atoms with Gasteiger partial charge in [0.2, 0.25) is 0 Å². The van der Waals surface area contributed by atoms with Gasteiger partial charge < -0.3 is 14.8 Å². The summed E-state index contributed by atoms with van der Waals surface area (Å²) in [5.41, 5.74) is 1.30. The molecular weight excluding hydrogens is 330 g/mol. The summed E-state index contributed by atoms with van der Waals surface area (Å²) in [6.07, 6.45) is 3.44. The minimum Gasteiger partial charge on any atom is -0.494 e. The van der Waals surface area contributed by atoms with Gasteiger partial charge in [0, 0.05) is 18.1 Å². The van der Waals surface area contributed by atoms with E-state index in [1.54, 1.807) is 7.11 Å². The first-order valence-corrected chi connectivity index (χ1v) is 8.57. The standard InChI is InChI=1S/C17H28BrNO2/c1-4-21-17-8-7-16(18)13-15(17)6-5-14(2)9-10-19-11-12-20-3/h7-8,13-14,19H,4-6,9-12H2,1-3H3. The van der Waals surface area contributed by atoms with Gasteiger partial charge in [-0.3, -0.25) is 0 Å². The van der Waals surface area contributed by atoms with Crippen LogP contribution in [0.5, 0.6) is 5.75 Å². The first kappa shape index (κ1) is 18.5. The molecule has 1 rings (SSSR count). The predicted octanol–water partition coefficient (Wildman–Crippen LogP) is 4.04. The highest BCUT2D eigenvalue weighted by Crippen LogP contribution is 2.26. The van der Waals surface area contributed by atoms with Crippen molar-refractivity contribution in [2.75, 3.05) is 33.4 Å². The summed E-state index contributed by atoms with van der Waals surface area (Å²) in [4.78, 5) is 0. The second kappa shape index (κ2) is 11.0. The van der Waals surface area contributed by atoms with Gasteiger partial charge in [-0.15, -0.1) is 0 Å². The number of halogens is 1. The maximum absolute atomic E-state index is 5.70. The molecule has 0 aliphatic rings. The Morgan fingerprint density at radius 1 is 1.24 bits per heavy atom. The van der Waals surface area contributed by atoms with E-state index < -0.39 is 0 Å².